The zero-order valence-electron chi connectivity index (χ0n) is 12.3. The fourth-order valence-corrected chi connectivity index (χ4v) is 3.15. The first kappa shape index (κ1) is 14.4. The van der Waals surface area contributed by atoms with Gasteiger partial charge in [0.05, 0.1) is 5.92 Å². The Balaban J connectivity index is 1.95. The van der Waals surface area contributed by atoms with Crippen LogP contribution < -0.4 is 4.90 Å². The molecule has 3 rings (SSSR count). The van der Waals surface area contributed by atoms with Crippen molar-refractivity contribution in [1.82, 2.24) is 4.57 Å². The van der Waals surface area contributed by atoms with E-state index in [2.05, 4.69) is 4.90 Å². The summed E-state index contributed by atoms with van der Waals surface area (Å²) in [6.07, 6.45) is 1.56. The number of hydrogen-bond acceptors (Lipinski definition) is 3. The highest BCUT2D eigenvalue weighted by molar-refractivity contribution is 5.95. The number of fused-ring (bicyclic) bond motifs is 1. The molecule has 116 valence electrons. The van der Waals surface area contributed by atoms with Gasteiger partial charge in [-0.1, -0.05) is 0 Å². The smallest absolute Gasteiger partial charge is 0.352 e. The van der Waals surface area contributed by atoms with Crippen molar-refractivity contribution in [1.29, 1.82) is 0 Å². The largest absolute Gasteiger partial charge is 0.481 e. The van der Waals surface area contributed by atoms with E-state index < -0.39 is 11.9 Å². The zero-order chi connectivity index (χ0) is 15.9. The summed E-state index contributed by atoms with van der Waals surface area (Å²) >= 11 is 0. The van der Waals surface area contributed by atoms with E-state index in [1.165, 1.54) is 0 Å². The van der Waals surface area contributed by atoms with Crippen molar-refractivity contribution in [2.45, 2.75) is 12.8 Å². The number of aromatic nitrogens is 1. The maximum absolute atomic E-state index is 11.2. The van der Waals surface area contributed by atoms with Crippen molar-refractivity contribution in [3.8, 4) is 0 Å². The predicted molar refractivity (Wildman–Crippen MR) is 82.5 cm³/mol. The van der Waals surface area contributed by atoms with Gasteiger partial charge in [-0.15, -0.1) is 0 Å². The standard InChI is InChI=1S/C16H18N2O4/c1-17-13-5-4-12(7-11(13)8-14(17)16(21)22)18-6-2-3-10(9-18)15(19)20/h4-5,7-8,10H,2-3,6,9H2,1H3,(H,19,20)(H,21,22). The molecule has 2 heterocycles. The molecular formula is C16H18N2O4. The molecule has 0 radical (unpaired) electrons. The summed E-state index contributed by atoms with van der Waals surface area (Å²) in [4.78, 5) is 24.4. The average molecular weight is 302 g/mol. The Morgan fingerprint density at radius 2 is 2.00 bits per heavy atom. The Morgan fingerprint density at radius 1 is 1.23 bits per heavy atom. The van der Waals surface area contributed by atoms with Crippen molar-refractivity contribution >= 4 is 28.5 Å². The highest BCUT2D eigenvalue weighted by Crippen LogP contribution is 2.28. The third-order valence-corrected chi connectivity index (χ3v) is 4.38. The number of carboxylic acids is 2. The van der Waals surface area contributed by atoms with Gasteiger partial charge in [-0.25, -0.2) is 4.79 Å². The Hall–Kier alpha value is -2.50. The second-order valence-corrected chi connectivity index (χ2v) is 5.76. The molecule has 1 atom stereocenters. The minimum atomic E-state index is -0.954. The van der Waals surface area contributed by atoms with Gasteiger partial charge in [0.25, 0.3) is 0 Å². The lowest BCUT2D eigenvalue weighted by Gasteiger charge is -2.32. The summed E-state index contributed by atoms with van der Waals surface area (Å²) in [6.45, 7) is 1.33. The SMILES string of the molecule is Cn1c(C(=O)O)cc2cc(N3CCCC(C(=O)O)C3)ccc21. The van der Waals surface area contributed by atoms with Gasteiger partial charge in [0.15, 0.2) is 0 Å². The van der Waals surface area contributed by atoms with Crippen molar-refractivity contribution in [2.24, 2.45) is 13.0 Å². The van der Waals surface area contributed by atoms with E-state index in [0.717, 1.165) is 29.6 Å². The van der Waals surface area contributed by atoms with E-state index in [1.54, 1.807) is 17.7 Å². The fraction of sp³-hybridized carbons (Fsp3) is 0.375. The second kappa shape index (κ2) is 5.36. The predicted octanol–water partition coefficient (Wildman–Crippen LogP) is 2.18. The molecular weight excluding hydrogens is 284 g/mol. The van der Waals surface area contributed by atoms with Crippen molar-refractivity contribution in [3.63, 3.8) is 0 Å². The summed E-state index contributed by atoms with van der Waals surface area (Å²) < 4.78 is 1.65. The van der Waals surface area contributed by atoms with E-state index in [0.29, 0.717) is 13.0 Å². The second-order valence-electron chi connectivity index (χ2n) is 5.76. The van der Waals surface area contributed by atoms with Crippen molar-refractivity contribution in [2.75, 3.05) is 18.0 Å². The lowest BCUT2D eigenvalue weighted by Crippen LogP contribution is -2.38. The number of carboxylic acid groups (broad SMARTS) is 2. The van der Waals surface area contributed by atoms with E-state index in [-0.39, 0.29) is 11.6 Å². The quantitative estimate of drug-likeness (QED) is 0.908. The number of aromatic carboxylic acids is 1. The number of aryl methyl sites for hydroxylation is 1. The van der Waals surface area contributed by atoms with Crippen LogP contribution >= 0.6 is 0 Å². The summed E-state index contributed by atoms with van der Waals surface area (Å²) in [7, 11) is 1.73. The molecule has 2 N–H and O–H groups in total. The number of hydrogen-bond donors (Lipinski definition) is 2. The van der Waals surface area contributed by atoms with Crippen LogP contribution in [0.4, 0.5) is 5.69 Å². The van der Waals surface area contributed by atoms with E-state index >= 15 is 0 Å². The first-order valence-corrected chi connectivity index (χ1v) is 7.28. The van der Waals surface area contributed by atoms with Gasteiger partial charge >= 0.3 is 11.9 Å². The maximum atomic E-state index is 11.2. The molecule has 1 unspecified atom stereocenters. The van der Waals surface area contributed by atoms with Crippen LogP contribution in [0.25, 0.3) is 10.9 Å². The van der Waals surface area contributed by atoms with Crippen molar-refractivity contribution in [3.05, 3.63) is 30.0 Å². The van der Waals surface area contributed by atoms with Crippen LogP contribution in [0, 0.1) is 5.92 Å². The van der Waals surface area contributed by atoms with Crippen LogP contribution in [0.5, 0.6) is 0 Å². The molecule has 2 aromatic rings. The van der Waals surface area contributed by atoms with Gasteiger partial charge in [0, 0.05) is 36.7 Å². The Morgan fingerprint density at radius 3 is 2.68 bits per heavy atom. The van der Waals surface area contributed by atoms with Gasteiger partial charge in [-0.3, -0.25) is 4.79 Å². The molecule has 1 aliphatic rings. The third kappa shape index (κ3) is 2.41. The Kier molecular flexibility index (Phi) is 3.52. The van der Waals surface area contributed by atoms with Gasteiger partial charge in [-0.2, -0.15) is 0 Å². The Labute approximate surface area is 127 Å². The molecule has 0 aliphatic carbocycles. The topological polar surface area (TPSA) is 82.8 Å². The molecule has 22 heavy (non-hydrogen) atoms. The molecule has 1 aliphatic heterocycles. The monoisotopic (exact) mass is 302 g/mol. The van der Waals surface area contributed by atoms with Gasteiger partial charge < -0.3 is 19.7 Å². The minimum absolute atomic E-state index is 0.245. The molecule has 0 bridgehead atoms. The van der Waals surface area contributed by atoms with Crippen LogP contribution in [-0.2, 0) is 11.8 Å². The summed E-state index contributed by atoms with van der Waals surface area (Å²) in [5.41, 5.74) is 2.04. The fourth-order valence-electron chi connectivity index (χ4n) is 3.15. The molecule has 6 heteroatoms. The number of rotatable bonds is 3. The van der Waals surface area contributed by atoms with Crippen LogP contribution in [-0.4, -0.2) is 39.8 Å². The number of nitrogens with zero attached hydrogens (tertiary/aromatic N) is 2. The van der Waals surface area contributed by atoms with Gasteiger partial charge in [0.2, 0.25) is 0 Å². The number of benzene rings is 1. The average Bonchev–Trinajstić information content (AvgIpc) is 2.84. The highest BCUT2D eigenvalue weighted by atomic mass is 16.4. The number of aliphatic carboxylic acids is 1. The molecule has 1 saturated heterocycles. The summed E-state index contributed by atoms with van der Waals surface area (Å²) in [5.74, 6) is -2.04. The van der Waals surface area contributed by atoms with E-state index in [4.69, 9.17) is 0 Å². The first-order chi connectivity index (χ1) is 10.5. The highest BCUT2D eigenvalue weighted by Gasteiger charge is 2.25. The van der Waals surface area contributed by atoms with Crippen LogP contribution in [0.1, 0.15) is 23.3 Å². The Bertz CT molecular complexity index is 750. The van der Waals surface area contributed by atoms with Crippen LogP contribution in [0.3, 0.4) is 0 Å². The normalized spacial score (nSPS) is 18.6. The molecule has 1 aromatic heterocycles. The summed E-state index contributed by atoms with van der Waals surface area (Å²) in [5, 5.41) is 19.2. The van der Waals surface area contributed by atoms with E-state index in [1.807, 2.05) is 18.2 Å². The summed E-state index contributed by atoms with van der Waals surface area (Å²) in [6, 6.07) is 7.41. The molecule has 1 fully saturated rings. The number of piperidine rings is 1. The molecule has 0 saturated carbocycles. The van der Waals surface area contributed by atoms with Gasteiger partial charge in [-0.05, 0) is 37.1 Å². The van der Waals surface area contributed by atoms with Crippen LogP contribution in [0.2, 0.25) is 0 Å². The number of anilines is 1. The zero-order valence-corrected chi connectivity index (χ0v) is 12.3. The molecule has 1 aromatic carbocycles. The van der Waals surface area contributed by atoms with E-state index in [9.17, 15) is 19.8 Å². The first-order valence-electron chi connectivity index (χ1n) is 7.28. The molecule has 0 amide bonds. The third-order valence-electron chi connectivity index (χ3n) is 4.38. The lowest BCUT2D eigenvalue weighted by molar-refractivity contribution is -0.141. The van der Waals surface area contributed by atoms with Gasteiger partial charge in [0.1, 0.15) is 5.69 Å². The van der Waals surface area contributed by atoms with Crippen LogP contribution in [0.15, 0.2) is 24.3 Å². The maximum Gasteiger partial charge on any atom is 0.352 e. The molecule has 6 nitrogen and oxygen atoms in total. The molecule has 0 spiro atoms. The minimum Gasteiger partial charge on any atom is -0.481 e. The lowest BCUT2D eigenvalue weighted by atomic mass is 9.97. The van der Waals surface area contributed by atoms with Crippen molar-refractivity contribution < 1.29 is 19.8 Å². The number of carbonyl (C=O) groups is 2.